The predicted octanol–water partition coefficient (Wildman–Crippen LogP) is 3.71. The van der Waals surface area contributed by atoms with E-state index in [1.54, 1.807) is 110 Å². The summed E-state index contributed by atoms with van der Waals surface area (Å²) < 4.78 is 47.1. The number of aliphatic hydroxyl groups is 4. The van der Waals surface area contributed by atoms with Gasteiger partial charge in [-0.25, -0.2) is 24.0 Å². The van der Waals surface area contributed by atoms with Crippen LogP contribution in [0.25, 0.3) is 0 Å². The SMILES string of the molecule is CN(C(=O)OC(C)(C)C)[C@@H]1[C@@H](O)[C@@H](O[C@H]2[C@H](NC(=O)C3(O)CC(NC(=O)OC(C)(C)C)C3)C[C@H](NC(=O)OC(C)(C)C)C([C@H]3OC(CNCC4CC(NC(=O)OC(C)(C)C)C4)=CC[C@H]3NC(=O)OC(C)(C)C)[C@@H]2O)OC[C@]1(C)O. The number of nitrogens with zero attached hydrogens (tertiary/aromatic N) is 1. The van der Waals surface area contributed by atoms with E-state index in [0.717, 1.165) is 4.90 Å². The van der Waals surface area contributed by atoms with Crippen LogP contribution in [0.3, 0.4) is 0 Å². The number of hydrogen-bond acceptors (Lipinski definition) is 19. The van der Waals surface area contributed by atoms with Crippen molar-refractivity contribution in [1.82, 2.24) is 36.8 Å². The van der Waals surface area contributed by atoms with Crippen molar-refractivity contribution in [3.63, 3.8) is 0 Å². The fraction of sp³-hybridized carbons (Fsp3) is 0.852. The third-order valence-corrected chi connectivity index (χ3v) is 13.7. The Morgan fingerprint density at radius 1 is 0.646 bits per heavy atom. The van der Waals surface area contributed by atoms with Gasteiger partial charge in [0.05, 0.1) is 37.4 Å². The van der Waals surface area contributed by atoms with Gasteiger partial charge in [0, 0.05) is 43.9 Å². The summed E-state index contributed by atoms with van der Waals surface area (Å²) in [6.07, 6.45) is -9.33. The first-order valence-electron chi connectivity index (χ1n) is 27.4. The molecule has 11 atom stereocenters. The molecular formula is C54H93N7O18. The van der Waals surface area contributed by atoms with E-state index in [9.17, 15) is 49.2 Å². The number of carbonyl (C=O) groups excluding carboxylic acids is 6. The lowest BCUT2D eigenvalue weighted by Gasteiger charge is -2.52. The Hall–Kier alpha value is -4.92. The van der Waals surface area contributed by atoms with Gasteiger partial charge < -0.3 is 95.1 Å². The topological polar surface area (TPSA) is 333 Å². The van der Waals surface area contributed by atoms with Gasteiger partial charge in [-0.15, -0.1) is 0 Å². The van der Waals surface area contributed by atoms with E-state index < -0.39 is 149 Å². The lowest BCUT2D eigenvalue weighted by atomic mass is 9.71. The van der Waals surface area contributed by atoms with Gasteiger partial charge in [-0.1, -0.05) is 0 Å². The molecule has 10 N–H and O–H groups in total. The van der Waals surface area contributed by atoms with Gasteiger partial charge in [-0.2, -0.15) is 0 Å². The van der Waals surface area contributed by atoms with Crippen LogP contribution < -0.4 is 31.9 Å². The Bertz CT molecular complexity index is 2180. The lowest BCUT2D eigenvalue weighted by molar-refractivity contribution is -0.306. The van der Waals surface area contributed by atoms with E-state index in [1.807, 2.05) is 0 Å². The van der Waals surface area contributed by atoms with Crippen LogP contribution in [-0.2, 0) is 42.7 Å². The summed E-state index contributed by atoms with van der Waals surface area (Å²) in [5.41, 5.74) is -8.25. The van der Waals surface area contributed by atoms with Crippen LogP contribution in [0.2, 0.25) is 0 Å². The minimum Gasteiger partial charge on any atom is -0.491 e. The van der Waals surface area contributed by atoms with Crippen LogP contribution in [0.5, 0.6) is 0 Å². The molecule has 3 saturated carbocycles. The molecule has 2 aliphatic heterocycles. The number of carbonyl (C=O) groups is 6. The number of likely N-dealkylation sites (N-methyl/N-ethyl adjacent to an activating group) is 1. The maximum Gasteiger partial charge on any atom is 0.410 e. The molecule has 0 aromatic carbocycles. The van der Waals surface area contributed by atoms with E-state index >= 15 is 0 Å². The molecule has 0 bridgehead atoms. The average molecular weight is 1130 g/mol. The summed E-state index contributed by atoms with van der Waals surface area (Å²) >= 11 is 0. The fourth-order valence-electron chi connectivity index (χ4n) is 10.4. The Labute approximate surface area is 464 Å². The number of alkyl carbamates (subject to hydrolysis) is 4. The third kappa shape index (κ3) is 19.1. The van der Waals surface area contributed by atoms with E-state index in [-0.39, 0.29) is 44.2 Å². The zero-order chi connectivity index (χ0) is 59.6. The molecule has 0 radical (unpaired) electrons. The molecule has 25 heteroatoms. The van der Waals surface area contributed by atoms with Crippen LogP contribution in [0.15, 0.2) is 11.8 Å². The second-order valence-corrected chi connectivity index (χ2v) is 27.1. The highest BCUT2D eigenvalue weighted by molar-refractivity contribution is 5.87. The number of nitrogens with one attached hydrogen (secondary N) is 6. The molecule has 5 rings (SSSR count). The summed E-state index contributed by atoms with van der Waals surface area (Å²) in [5.74, 6) is -1.53. The summed E-state index contributed by atoms with van der Waals surface area (Å²) in [7, 11) is 1.33. The molecule has 79 heavy (non-hydrogen) atoms. The average Bonchev–Trinajstić information content (AvgIpc) is 3.21. The van der Waals surface area contributed by atoms with Crippen molar-refractivity contribution >= 4 is 36.4 Å². The monoisotopic (exact) mass is 1130 g/mol. The van der Waals surface area contributed by atoms with Crippen LogP contribution in [0.1, 0.15) is 149 Å². The number of amides is 6. The number of ether oxygens (including phenoxy) is 8. The summed E-state index contributed by atoms with van der Waals surface area (Å²) in [5, 5.41) is 66.1. The van der Waals surface area contributed by atoms with Crippen LogP contribution in [0.4, 0.5) is 24.0 Å². The zero-order valence-corrected chi connectivity index (χ0v) is 49.4. The first-order chi connectivity index (χ1) is 36.0. The smallest absolute Gasteiger partial charge is 0.410 e. The molecule has 0 spiro atoms. The van der Waals surface area contributed by atoms with E-state index in [4.69, 9.17) is 37.9 Å². The van der Waals surface area contributed by atoms with Gasteiger partial charge in [0.2, 0.25) is 0 Å². The van der Waals surface area contributed by atoms with Gasteiger partial charge in [-0.05, 0) is 155 Å². The second-order valence-electron chi connectivity index (χ2n) is 27.1. The Morgan fingerprint density at radius 2 is 1.13 bits per heavy atom. The van der Waals surface area contributed by atoms with Crippen molar-refractivity contribution in [3.8, 4) is 0 Å². The van der Waals surface area contributed by atoms with E-state index in [1.165, 1.54) is 14.0 Å². The second kappa shape index (κ2) is 24.7. The highest BCUT2D eigenvalue weighted by Crippen LogP contribution is 2.40. The van der Waals surface area contributed by atoms with Crippen molar-refractivity contribution in [3.05, 3.63) is 11.8 Å². The molecular weight excluding hydrogens is 1030 g/mol. The summed E-state index contributed by atoms with van der Waals surface area (Å²) in [6, 6.07) is -5.56. The van der Waals surface area contributed by atoms with E-state index in [0.29, 0.717) is 25.1 Å². The van der Waals surface area contributed by atoms with Crippen LogP contribution >= 0.6 is 0 Å². The molecule has 1 saturated heterocycles. The molecule has 0 aromatic heterocycles. The minimum absolute atomic E-state index is 0.0541. The van der Waals surface area contributed by atoms with Gasteiger partial charge in [0.15, 0.2) is 6.29 Å². The molecule has 1 unspecified atom stereocenters. The quantitative estimate of drug-likeness (QED) is 0.111. The molecule has 0 aromatic rings. The predicted molar refractivity (Wildman–Crippen MR) is 285 cm³/mol. The minimum atomic E-state index is -2.04. The Balaban J connectivity index is 1.50. The number of rotatable bonds is 14. The Kier molecular flexibility index (Phi) is 20.3. The van der Waals surface area contributed by atoms with Gasteiger partial charge in [0.25, 0.3) is 5.91 Å². The number of aliphatic hydroxyl groups excluding tert-OH is 2. The molecule has 2 heterocycles. The van der Waals surface area contributed by atoms with Crippen LogP contribution in [-0.4, -0.2) is 195 Å². The van der Waals surface area contributed by atoms with Crippen molar-refractivity contribution in [2.24, 2.45) is 11.8 Å². The lowest BCUT2D eigenvalue weighted by Crippen LogP contribution is -2.72. The molecule has 3 aliphatic carbocycles. The Morgan fingerprint density at radius 3 is 1.63 bits per heavy atom. The fourth-order valence-corrected chi connectivity index (χ4v) is 10.4. The molecule has 4 fully saturated rings. The van der Waals surface area contributed by atoms with Crippen molar-refractivity contribution in [2.75, 3.05) is 26.7 Å². The summed E-state index contributed by atoms with van der Waals surface area (Å²) in [6.45, 7) is 27.1. The van der Waals surface area contributed by atoms with E-state index in [2.05, 4.69) is 31.9 Å². The van der Waals surface area contributed by atoms with Crippen molar-refractivity contribution in [1.29, 1.82) is 0 Å². The highest BCUT2D eigenvalue weighted by Gasteiger charge is 2.58. The zero-order valence-electron chi connectivity index (χ0n) is 49.4. The van der Waals surface area contributed by atoms with Crippen molar-refractivity contribution < 1.29 is 87.1 Å². The standard InChI is InChI=1S/C54H93N7O18/c1-48(2,3)75-43(65)56-29-20-28(21-29)25-55-26-31-18-19-32(59-45(67)77-50(7,8)9)38(73-31)35-33(60-46(68)78-51(10,11)12)22-34(58-42(64)54(71)23-30(24-54)57-44(66)76-49(4,5)6)39(36(35)62)74-41-37(63)40(53(16,70)27-72-41)61(17)47(69)79-52(13,14)15/h18,28-30,32-41,55,62-63,70-71H,19-27H2,1-17H3,(H,56,65)(H,57,66)(H,58,64)(H,59,67)(H,60,68)/t28?,29?,30?,32-,33+,34-,35?,36+,37-,38+,39+,40-,41-,53+,54?/m1/s1. The third-order valence-electron chi connectivity index (χ3n) is 13.7. The number of hydrogen-bond donors (Lipinski definition) is 10. The van der Waals surface area contributed by atoms with Gasteiger partial charge in [-0.3, -0.25) is 4.79 Å². The van der Waals surface area contributed by atoms with Gasteiger partial charge in [0.1, 0.15) is 63.3 Å². The molecule has 452 valence electrons. The summed E-state index contributed by atoms with van der Waals surface area (Å²) in [4.78, 5) is 81.4. The molecule has 5 aliphatic rings. The molecule has 25 nitrogen and oxygen atoms in total. The first-order valence-corrected chi connectivity index (χ1v) is 27.4. The first kappa shape index (κ1) is 64.9. The maximum absolute atomic E-state index is 14.4. The maximum atomic E-state index is 14.4. The normalized spacial score (nSPS) is 33.1. The van der Waals surface area contributed by atoms with Crippen molar-refractivity contribution in [2.45, 2.75) is 255 Å². The van der Waals surface area contributed by atoms with Crippen LogP contribution in [0, 0.1) is 11.8 Å². The highest BCUT2D eigenvalue weighted by atomic mass is 16.7. The molecule has 6 amide bonds. The van der Waals surface area contributed by atoms with Gasteiger partial charge >= 0.3 is 30.5 Å². The largest absolute Gasteiger partial charge is 0.491 e.